The zero-order valence-electron chi connectivity index (χ0n) is 12.9. The molecule has 2 saturated heterocycles. The van der Waals surface area contributed by atoms with E-state index in [1.165, 1.54) is 0 Å². The highest BCUT2D eigenvalue weighted by atomic mass is 16.5. The average Bonchev–Trinajstić information content (AvgIpc) is 2.84. The fourth-order valence-electron chi connectivity index (χ4n) is 3.20. The number of carbonyl (C=O) groups excluding carboxylic acids is 2. The maximum atomic E-state index is 12.8. The minimum Gasteiger partial charge on any atom is -0.373 e. The van der Waals surface area contributed by atoms with Crippen LogP contribution < -0.4 is 5.32 Å². The Morgan fingerprint density at radius 3 is 2.40 bits per heavy atom. The van der Waals surface area contributed by atoms with Crippen LogP contribution in [0.25, 0.3) is 0 Å². The van der Waals surface area contributed by atoms with Gasteiger partial charge in [0.25, 0.3) is 0 Å². The predicted octanol–water partition coefficient (Wildman–Crippen LogP) is 1.46. The molecule has 20 heavy (non-hydrogen) atoms. The van der Waals surface area contributed by atoms with Gasteiger partial charge in [-0.3, -0.25) is 9.59 Å². The van der Waals surface area contributed by atoms with Gasteiger partial charge in [-0.15, -0.1) is 0 Å². The molecule has 3 unspecified atom stereocenters. The number of carbonyl (C=O) groups is 2. The summed E-state index contributed by atoms with van der Waals surface area (Å²) in [4.78, 5) is 26.7. The normalized spacial score (nSPS) is 33.4. The molecule has 3 atom stereocenters. The van der Waals surface area contributed by atoms with Crippen LogP contribution >= 0.6 is 0 Å². The number of piperazine rings is 1. The molecule has 0 saturated carbocycles. The van der Waals surface area contributed by atoms with Crippen LogP contribution in [-0.2, 0) is 14.3 Å². The Labute approximate surface area is 121 Å². The molecule has 5 heteroatoms. The Morgan fingerprint density at radius 2 is 1.90 bits per heavy atom. The van der Waals surface area contributed by atoms with Crippen molar-refractivity contribution in [2.75, 3.05) is 6.54 Å². The summed E-state index contributed by atoms with van der Waals surface area (Å²) in [6.45, 7) is 8.27. The van der Waals surface area contributed by atoms with Gasteiger partial charge < -0.3 is 15.0 Å². The highest BCUT2D eigenvalue weighted by Crippen LogP contribution is 2.27. The van der Waals surface area contributed by atoms with Gasteiger partial charge in [0, 0.05) is 6.54 Å². The van der Waals surface area contributed by atoms with Gasteiger partial charge >= 0.3 is 0 Å². The minimum absolute atomic E-state index is 0.0396. The van der Waals surface area contributed by atoms with E-state index in [1.54, 1.807) is 11.8 Å². The maximum absolute atomic E-state index is 12.8. The second-order valence-electron chi connectivity index (χ2n) is 6.06. The number of amides is 2. The van der Waals surface area contributed by atoms with Gasteiger partial charge in [0.15, 0.2) is 0 Å². The first-order chi connectivity index (χ1) is 9.43. The van der Waals surface area contributed by atoms with Crippen molar-refractivity contribution < 1.29 is 14.3 Å². The molecular weight excluding hydrogens is 256 g/mol. The van der Waals surface area contributed by atoms with E-state index < -0.39 is 11.6 Å². The molecule has 0 spiro atoms. The summed E-state index contributed by atoms with van der Waals surface area (Å²) in [6, 6.07) is -0.409. The van der Waals surface area contributed by atoms with Crippen molar-refractivity contribution in [3.05, 3.63) is 0 Å². The second-order valence-corrected chi connectivity index (χ2v) is 6.06. The summed E-state index contributed by atoms with van der Waals surface area (Å²) >= 11 is 0. The third-order valence-electron chi connectivity index (χ3n) is 4.81. The summed E-state index contributed by atoms with van der Waals surface area (Å²) in [5.74, 6) is -0.0166. The minimum atomic E-state index is -0.728. The number of rotatable bonds is 4. The number of ether oxygens (including phenoxy) is 1. The molecule has 1 N–H and O–H groups in total. The second kappa shape index (κ2) is 5.72. The molecule has 5 nitrogen and oxygen atoms in total. The van der Waals surface area contributed by atoms with Gasteiger partial charge in [-0.1, -0.05) is 13.8 Å². The Hall–Kier alpha value is -1.10. The molecule has 0 aromatic rings. The molecule has 2 amide bonds. The van der Waals surface area contributed by atoms with Crippen molar-refractivity contribution in [1.29, 1.82) is 0 Å². The van der Waals surface area contributed by atoms with Crippen molar-refractivity contribution in [2.45, 2.75) is 77.2 Å². The molecular formula is C15H26N2O3. The zero-order valence-corrected chi connectivity index (χ0v) is 12.9. The first-order valence-electron chi connectivity index (χ1n) is 7.72. The maximum Gasteiger partial charge on any atom is 0.249 e. The van der Waals surface area contributed by atoms with Crippen LogP contribution in [0.5, 0.6) is 0 Å². The van der Waals surface area contributed by atoms with E-state index in [9.17, 15) is 9.59 Å². The number of hydrogen-bond acceptors (Lipinski definition) is 3. The van der Waals surface area contributed by atoms with Gasteiger partial charge in [0.05, 0.1) is 12.2 Å². The third kappa shape index (κ3) is 2.55. The van der Waals surface area contributed by atoms with Crippen molar-refractivity contribution in [3.63, 3.8) is 0 Å². The predicted molar refractivity (Wildman–Crippen MR) is 76.2 cm³/mol. The molecule has 2 heterocycles. The summed E-state index contributed by atoms with van der Waals surface area (Å²) in [5, 5.41) is 2.92. The standard InChI is InChI=1S/C15H26N2O3/c1-5-15(6-2)14(19)17(11(4)13(18)16-15)9-12-8-7-10(3)20-12/h10-12H,5-9H2,1-4H3,(H,16,18). The van der Waals surface area contributed by atoms with E-state index in [-0.39, 0.29) is 24.0 Å². The fraction of sp³-hybridized carbons (Fsp3) is 0.867. The van der Waals surface area contributed by atoms with Gasteiger partial charge in [-0.25, -0.2) is 0 Å². The van der Waals surface area contributed by atoms with Crippen LogP contribution in [0.15, 0.2) is 0 Å². The van der Waals surface area contributed by atoms with Crippen LogP contribution in [-0.4, -0.2) is 47.0 Å². The molecule has 2 aliphatic rings. The van der Waals surface area contributed by atoms with Crippen LogP contribution in [0.4, 0.5) is 0 Å². The van der Waals surface area contributed by atoms with E-state index in [0.29, 0.717) is 19.4 Å². The van der Waals surface area contributed by atoms with Crippen LogP contribution in [0.2, 0.25) is 0 Å². The van der Waals surface area contributed by atoms with Crippen LogP contribution in [0.1, 0.15) is 53.4 Å². The molecule has 2 fully saturated rings. The molecule has 114 valence electrons. The van der Waals surface area contributed by atoms with E-state index in [0.717, 1.165) is 12.8 Å². The molecule has 0 radical (unpaired) electrons. The van der Waals surface area contributed by atoms with Crippen molar-refractivity contribution in [3.8, 4) is 0 Å². The van der Waals surface area contributed by atoms with E-state index in [1.807, 2.05) is 13.8 Å². The smallest absolute Gasteiger partial charge is 0.249 e. The summed E-state index contributed by atoms with van der Waals surface area (Å²) < 4.78 is 5.81. The molecule has 0 bridgehead atoms. The van der Waals surface area contributed by atoms with Gasteiger partial charge in [0.1, 0.15) is 11.6 Å². The molecule has 0 aromatic carbocycles. The SMILES string of the molecule is CCC1(CC)NC(=O)C(C)N(CC2CCC(C)O2)C1=O. The molecule has 2 aliphatic heterocycles. The first-order valence-corrected chi connectivity index (χ1v) is 7.72. The van der Waals surface area contributed by atoms with Gasteiger partial charge in [0.2, 0.25) is 11.8 Å². The third-order valence-corrected chi connectivity index (χ3v) is 4.81. The number of nitrogens with one attached hydrogen (secondary N) is 1. The molecule has 0 aromatic heterocycles. The summed E-state index contributed by atoms with van der Waals surface area (Å²) in [6.07, 6.45) is 3.56. The monoisotopic (exact) mass is 282 g/mol. The summed E-state index contributed by atoms with van der Waals surface area (Å²) in [7, 11) is 0. The van der Waals surface area contributed by atoms with Crippen molar-refractivity contribution >= 4 is 11.8 Å². The highest BCUT2D eigenvalue weighted by molar-refractivity contribution is 5.99. The van der Waals surface area contributed by atoms with Crippen LogP contribution in [0.3, 0.4) is 0 Å². The van der Waals surface area contributed by atoms with Gasteiger partial charge in [-0.2, -0.15) is 0 Å². The molecule has 0 aliphatic carbocycles. The Morgan fingerprint density at radius 1 is 1.25 bits per heavy atom. The zero-order chi connectivity index (χ0) is 14.9. The van der Waals surface area contributed by atoms with E-state index >= 15 is 0 Å². The van der Waals surface area contributed by atoms with E-state index in [4.69, 9.17) is 4.74 Å². The van der Waals surface area contributed by atoms with E-state index in [2.05, 4.69) is 12.2 Å². The quantitative estimate of drug-likeness (QED) is 0.849. The first kappa shape index (κ1) is 15.3. The summed E-state index contributed by atoms with van der Waals surface area (Å²) in [5.41, 5.74) is -0.728. The molecule has 2 rings (SSSR count). The highest BCUT2D eigenvalue weighted by Gasteiger charge is 2.48. The van der Waals surface area contributed by atoms with Crippen molar-refractivity contribution in [1.82, 2.24) is 10.2 Å². The lowest BCUT2D eigenvalue weighted by molar-refractivity contribution is -0.156. The fourth-order valence-corrected chi connectivity index (χ4v) is 3.20. The Kier molecular flexibility index (Phi) is 4.37. The number of hydrogen-bond donors (Lipinski definition) is 1. The van der Waals surface area contributed by atoms with Crippen molar-refractivity contribution in [2.24, 2.45) is 0 Å². The lowest BCUT2D eigenvalue weighted by atomic mass is 9.87. The lowest BCUT2D eigenvalue weighted by Crippen LogP contribution is -2.70. The number of nitrogens with zero attached hydrogens (tertiary/aromatic N) is 1. The average molecular weight is 282 g/mol. The van der Waals surface area contributed by atoms with Crippen LogP contribution in [0, 0.1) is 0 Å². The van der Waals surface area contributed by atoms with Gasteiger partial charge in [-0.05, 0) is 39.5 Å². The lowest BCUT2D eigenvalue weighted by Gasteiger charge is -2.45. The Bertz CT molecular complexity index is 393. The largest absolute Gasteiger partial charge is 0.373 e. The Balaban J connectivity index is 2.16. The topological polar surface area (TPSA) is 58.6 Å².